The second-order valence-electron chi connectivity index (χ2n) is 3.74. The Morgan fingerprint density at radius 3 is 2.33 bits per heavy atom. The summed E-state index contributed by atoms with van der Waals surface area (Å²) in [6.07, 6.45) is 10.5. The summed E-state index contributed by atoms with van der Waals surface area (Å²) in [6, 6.07) is 6.12. The van der Waals surface area contributed by atoms with Crippen molar-refractivity contribution in [2.24, 2.45) is 0 Å². The van der Waals surface area contributed by atoms with Crippen molar-refractivity contribution in [2.75, 3.05) is 0 Å². The molecule has 1 N–H and O–H groups in total. The molecule has 0 amide bonds. The van der Waals surface area contributed by atoms with Crippen LogP contribution in [0, 0.1) is 10.1 Å². The molecule has 0 saturated carbocycles. The number of nitrogens with zero attached hydrogens (tertiary/aromatic N) is 1. The molecule has 0 saturated heterocycles. The molecule has 0 unspecified atom stereocenters. The second kappa shape index (κ2) is 5.14. The first-order chi connectivity index (χ1) is 8.66. The Kier molecular flexibility index (Phi) is 3.38. The zero-order valence-corrected chi connectivity index (χ0v) is 9.48. The van der Waals surface area contributed by atoms with Crippen molar-refractivity contribution in [2.45, 2.75) is 0 Å². The van der Waals surface area contributed by atoms with Crippen molar-refractivity contribution in [3.8, 4) is 0 Å². The molecule has 18 heavy (non-hydrogen) atoms. The van der Waals surface area contributed by atoms with E-state index >= 15 is 0 Å². The maximum atomic E-state index is 10.5. The first-order valence-corrected chi connectivity index (χ1v) is 5.37. The van der Waals surface area contributed by atoms with Crippen LogP contribution in [0.15, 0.2) is 66.0 Å². The van der Waals surface area contributed by atoms with Gasteiger partial charge in [-0.1, -0.05) is 30.4 Å². The predicted molar refractivity (Wildman–Crippen MR) is 70.1 cm³/mol. The van der Waals surface area contributed by atoms with Crippen molar-refractivity contribution < 1.29 is 10.0 Å². The third-order valence-corrected chi connectivity index (χ3v) is 2.50. The number of benzene rings is 1. The van der Waals surface area contributed by atoms with Gasteiger partial charge in [0.2, 0.25) is 0 Å². The van der Waals surface area contributed by atoms with E-state index in [4.69, 9.17) is 0 Å². The highest BCUT2D eigenvalue weighted by molar-refractivity contribution is 5.56. The number of aliphatic hydroxyl groups excluding tert-OH is 1. The van der Waals surface area contributed by atoms with Crippen molar-refractivity contribution in [1.29, 1.82) is 0 Å². The molecule has 0 radical (unpaired) electrons. The zero-order chi connectivity index (χ0) is 13.0. The van der Waals surface area contributed by atoms with Gasteiger partial charge in [0.15, 0.2) is 0 Å². The van der Waals surface area contributed by atoms with Crippen molar-refractivity contribution in [1.82, 2.24) is 0 Å². The molecule has 0 atom stereocenters. The normalized spacial score (nSPS) is 13.4. The second-order valence-corrected chi connectivity index (χ2v) is 3.74. The van der Waals surface area contributed by atoms with Gasteiger partial charge in [-0.3, -0.25) is 10.1 Å². The molecule has 1 aliphatic rings. The summed E-state index contributed by atoms with van der Waals surface area (Å²) >= 11 is 0. The Hall–Kier alpha value is -2.62. The van der Waals surface area contributed by atoms with Gasteiger partial charge in [-0.15, -0.1) is 0 Å². The van der Waals surface area contributed by atoms with Gasteiger partial charge < -0.3 is 5.11 Å². The SMILES string of the molecule is O=[N+]([O-])c1ccc(C=CC(O)=C2C=CC=C2)cc1. The first-order valence-electron chi connectivity index (χ1n) is 5.37. The van der Waals surface area contributed by atoms with Crippen LogP contribution in [-0.4, -0.2) is 10.0 Å². The van der Waals surface area contributed by atoms with E-state index < -0.39 is 4.92 Å². The Morgan fingerprint density at radius 2 is 1.78 bits per heavy atom. The lowest BCUT2D eigenvalue weighted by molar-refractivity contribution is -0.384. The number of nitro groups is 1. The average molecular weight is 241 g/mol. The van der Waals surface area contributed by atoms with Crippen LogP contribution >= 0.6 is 0 Å². The molecule has 0 bridgehead atoms. The Balaban J connectivity index is 2.14. The highest BCUT2D eigenvalue weighted by Gasteiger charge is 2.02. The fourth-order valence-corrected chi connectivity index (χ4v) is 1.52. The number of nitro benzene ring substituents is 1. The summed E-state index contributed by atoms with van der Waals surface area (Å²) in [5.74, 6) is 0.165. The molecular formula is C14H11NO3. The monoisotopic (exact) mass is 241 g/mol. The van der Waals surface area contributed by atoms with Gasteiger partial charge in [-0.2, -0.15) is 0 Å². The summed E-state index contributed by atoms with van der Waals surface area (Å²) in [5.41, 5.74) is 1.59. The molecular weight excluding hydrogens is 230 g/mol. The molecule has 0 aromatic heterocycles. The van der Waals surface area contributed by atoms with Crippen LogP contribution in [0.1, 0.15) is 5.56 Å². The number of non-ortho nitro benzene ring substituents is 1. The molecule has 0 fully saturated rings. The summed E-state index contributed by atoms with van der Waals surface area (Å²) < 4.78 is 0. The highest BCUT2D eigenvalue weighted by atomic mass is 16.6. The van der Waals surface area contributed by atoms with E-state index in [1.165, 1.54) is 12.1 Å². The van der Waals surface area contributed by atoms with Crippen LogP contribution in [0.4, 0.5) is 5.69 Å². The third kappa shape index (κ3) is 2.74. The molecule has 4 heteroatoms. The maximum Gasteiger partial charge on any atom is 0.269 e. The number of rotatable bonds is 3. The zero-order valence-electron chi connectivity index (χ0n) is 9.48. The maximum absolute atomic E-state index is 10.5. The van der Waals surface area contributed by atoms with Gasteiger partial charge in [-0.05, 0) is 23.8 Å². The van der Waals surface area contributed by atoms with Crippen molar-refractivity contribution in [3.63, 3.8) is 0 Å². The van der Waals surface area contributed by atoms with Crippen LogP contribution in [0.2, 0.25) is 0 Å². The lowest BCUT2D eigenvalue weighted by Gasteiger charge is -1.96. The fourth-order valence-electron chi connectivity index (χ4n) is 1.52. The number of allylic oxidation sites excluding steroid dienone is 6. The van der Waals surface area contributed by atoms with Crippen molar-refractivity contribution >= 4 is 11.8 Å². The summed E-state index contributed by atoms with van der Waals surface area (Å²) in [5, 5.41) is 20.2. The van der Waals surface area contributed by atoms with Gasteiger partial charge in [0.1, 0.15) is 5.76 Å². The van der Waals surface area contributed by atoms with Gasteiger partial charge in [-0.25, -0.2) is 0 Å². The Morgan fingerprint density at radius 1 is 1.17 bits per heavy atom. The summed E-state index contributed by atoms with van der Waals surface area (Å²) in [6.45, 7) is 0. The number of aliphatic hydroxyl groups is 1. The Labute approximate surface area is 104 Å². The van der Waals surface area contributed by atoms with Gasteiger partial charge in [0.05, 0.1) is 4.92 Å². The van der Waals surface area contributed by atoms with Gasteiger partial charge in [0.25, 0.3) is 5.69 Å². The fraction of sp³-hybridized carbons (Fsp3) is 0. The van der Waals surface area contributed by atoms with Crippen LogP contribution in [-0.2, 0) is 0 Å². The standard InChI is InChI=1S/C14H11NO3/c16-14(12-3-1-2-4-12)10-7-11-5-8-13(9-6-11)15(17)18/h1-10,16H. The van der Waals surface area contributed by atoms with Gasteiger partial charge in [0, 0.05) is 17.7 Å². The first kappa shape index (κ1) is 11.9. The van der Waals surface area contributed by atoms with E-state index in [2.05, 4.69) is 0 Å². The van der Waals surface area contributed by atoms with E-state index in [0.717, 1.165) is 11.1 Å². The van der Waals surface area contributed by atoms with Gasteiger partial charge >= 0.3 is 0 Å². The third-order valence-electron chi connectivity index (χ3n) is 2.50. The van der Waals surface area contributed by atoms with E-state index in [9.17, 15) is 15.2 Å². The molecule has 0 aliphatic heterocycles. The number of hydrogen-bond donors (Lipinski definition) is 1. The van der Waals surface area contributed by atoms with E-state index in [0.29, 0.717) is 0 Å². The highest BCUT2D eigenvalue weighted by Crippen LogP contribution is 2.16. The smallest absolute Gasteiger partial charge is 0.269 e. The number of hydrogen-bond acceptors (Lipinski definition) is 3. The minimum Gasteiger partial charge on any atom is -0.507 e. The molecule has 4 nitrogen and oxygen atoms in total. The largest absolute Gasteiger partial charge is 0.507 e. The lowest BCUT2D eigenvalue weighted by Crippen LogP contribution is -1.86. The van der Waals surface area contributed by atoms with Crippen LogP contribution in [0.25, 0.3) is 6.08 Å². The lowest BCUT2D eigenvalue weighted by atomic mass is 10.1. The Bertz CT molecular complexity index is 564. The van der Waals surface area contributed by atoms with Crippen molar-refractivity contribution in [3.05, 3.63) is 81.7 Å². The molecule has 90 valence electrons. The quantitative estimate of drug-likeness (QED) is 0.500. The van der Waals surface area contributed by atoms with Crippen LogP contribution in [0.3, 0.4) is 0 Å². The van der Waals surface area contributed by atoms with Crippen LogP contribution < -0.4 is 0 Å². The molecule has 1 aromatic rings. The van der Waals surface area contributed by atoms with Crippen LogP contribution in [0.5, 0.6) is 0 Å². The summed E-state index contributed by atoms with van der Waals surface area (Å²) in [7, 11) is 0. The minimum absolute atomic E-state index is 0.0522. The average Bonchev–Trinajstić information content (AvgIpc) is 2.90. The molecule has 0 heterocycles. The minimum atomic E-state index is -0.443. The van der Waals surface area contributed by atoms with E-state index in [1.54, 1.807) is 36.4 Å². The van der Waals surface area contributed by atoms with E-state index in [1.807, 2.05) is 12.2 Å². The predicted octanol–water partition coefficient (Wildman–Crippen LogP) is 3.55. The van der Waals surface area contributed by atoms with E-state index in [-0.39, 0.29) is 11.4 Å². The molecule has 1 aromatic carbocycles. The molecule has 0 spiro atoms. The summed E-state index contributed by atoms with van der Waals surface area (Å²) in [4.78, 5) is 10.0. The molecule has 1 aliphatic carbocycles. The topological polar surface area (TPSA) is 63.4 Å². The molecule has 2 rings (SSSR count).